The van der Waals surface area contributed by atoms with Gasteiger partial charge in [0.25, 0.3) is 0 Å². The summed E-state index contributed by atoms with van der Waals surface area (Å²) in [4.78, 5) is 0. The molecule has 38 heavy (non-hydrogen) atoms. The van der Waals surface area contributed by atoms with Gasteiger partial charge in [-0.3, -0.25) is 0 Å². The third-order valence-corrected chi connectivity index (χ3v) is 10.9. The summed E-state index contributed by atoms with van der Waals surface area (Å²) in [7, 11) is 5.75. The van der Waals surface area contributed by atoms with Crippen LogP contribution >= 0.6 is 64.2 Å². The maximum Gasteiger partial charge on any atom is 0.380 e. The monoisotopic (exact) mass is 720 g/mol. The number of azo groups is 1. The Hall–Kier alpha value is -0.650. The Labute approximate surface area is 255 Å². The highest BCUT2D eigenvalue weighted by Gasteiger charge is 2.21. The molecule has 0 heterocycles. The Kier molecular flexibility index (Phi) is 14.1. The van der Waals surface area contributed by atoms with Crippen LogP contribution in [0.2, 0.25) is 15.1 Å². The second-order valence-corrected chi connectivity index (χ2v) is 15.1. The minimum Gasteiger partial charge on any atom is -0.424 e. The van der Waals surface area contributed by atoms with Crippen LogP contribution in [-0.4, -0.2) is 28.4 Å². The predicted octanol–water partition coefficient (Wildman–Crippen LogP) is 10.3. The van der Waals surface area contributed by atoms with Crippen LogP contribution in [0.4, 0.5) is 11.4 Å². The van der Waals surface area contributed by atoms with Crippen molar-refractivity contribution in [3.8, 4) is 11.5 Å². The second-order valence-electron chi connectivity index (χ2n) is 6.67. The standard InChI is InChI=1S/C14H14ClN2O3PS.C8H8BrCl2O3PS/c1-18-21(22,19-2)20-14-9-7-13(8-10-14)17-16-12-5-3-11(15)4-6-12;1-12-15(16,13-2)14-8-4-6(10)5(9)3-7(8)11/h3-10H,1-2H3;3-4H,1-2H3. The van der Waals surface area contributed by atoms with Gasteiger partial charge in [0.2, 0.25) is 0 Å². The Balaban J connectivity index is 0.000000281. The first-order valence-corrected chi connectivity index (χ1v) is 17.2. The molecule has 0 bridgehead atoms. The van der Waals surface area contributed by atoms with E-state index in [1.54, 1.807) is 60.7 Å². The predicted molar refractivity (Wildman–Crippen MR) is 164 cm³/mol. The second kappa shape index (κ2) is 16.0. The van der Waals surface area contributed by atoms with Crippen molar-refractivity contribution in [3.63, 3.8) is 0 Å². The molecule has 0 aromatic heterocycles. The minimum atomic E-state index is -2.79. The van der Waals surface area contributed by atoms with Crippen LogP contribution in [-0.2, 0) is 41.7 Å². The summed E-state index contributed by atoms with van der Waals surface area (Å²) >= 11 is 31.1. The average Bonchev–Trinajstić information content (AvgIpc) is 2.92. The Morgan fingerprint density at radius 1 is 0.658 bits per heavy atom. The summed E-state index contributed by atoms with van der Waals surface area (Å²) in [5.41, 5.74) is 1.41. The maximum absolute atomic E-state index is 5.97. The molecule has 0 saturated heterocycles. The lowest BCUT2D eigenvalue weighted by Crippen LogP contribution is -1.97. The van der Waals surface area contributed by atoms with E-state index < -0.39 is 13.4 Å². The van der Waals surface area contributed by atoms with Crippen molar-refractivity contribution in [2.75, 3.05) is 28.4 Å². The van der Waals surface area contributed by atoms with Gasteiger partial charge in [0.15, 0.2) is 0 Å². The maximum atomic E-state index is 5.97. The summed E-state index contributed by atoms with van der Waals surface area (Å²) in [6, 6.07) is 17.2. The lowest BCUT2D eigenvalue weighted by molar-refractivity contribution is 0.272. The highest BCUT2D eigenvalue weighted by Crippen LogP contribution is 2.51. The number of nitrogens with zero attached hydrogens (tertiary/aromatic N) is 2. The third kappa shape index (κ3) is 10.7. The van der Waals surface area contributed by atoms with Gasteiger partial charge in [0.05, 0.1) is 21.4 Å². The summed E-state index contributed by atoms with van der Waals surface area (Å²) < 4.78 is 31.7. The SMILES string of the molecule is COP(=S)(OC)Oc1cc(Cl)c(Br)cc1Cl.COP(=S)(OC)Oc1ccc(N=Nc2ccc(Cl)cc2)cc1. The van der Waals surface area contributed by atoms with E-state index in [1.807, 2.05) is 0 Å². The molecule has 0 aliphatic heterocycles. The van der Waals surface area contributed by atoms with Crippen molar-refractivity contribution < 1.29 is 27.1 Å². The van der Waals surface area contributed by atoms with E-state index in [4.69, 9.17) is 85.6 Å². The molecule has 3 rings (SSSR count). The van der Waals surface area contributed by atoms with Crippen molar-refractivity contribution in [1.82, 2.24) is 0 Å². The van der Waals surface area contributed by atoms with Crippen LogP contribution < -0.4 is 9.05 Å². The Morgan fingerprint density at radius 2 is 1.11 bits per heavy atom. The normalized spacial score (nSPS) is 11.7. The topological polar surface area (TPSA) is 80.1 Å². The quantitative estimate of drug-likeness (QED) is 0.116. The molecule has 0 aliphatic carbocycles. The van der Waals surface area contributed by atoms with E-state index >= 15 is 0 Å². The van der Waals surface area contributed by atoms with E-state index in [0.717, 1.165) is 5.69 Å². The van der Waals surface area contributed by atoms with Gasteiger partial charge in [-0.1, -0.05) is 34.8 Å². The Bertz CT molecular complexity index is 1320. The number of halogens is 4. The molecular weight excluding hydrogens is 701 g/mol. The van der Waals surface area contributed by atoms with E-state index in [-0.39, 0.29) is 0 Å². The van der Waals surface area contributed by atoms with Crippen molar-refractivity contribution in [3.05, 3.63) is 80.2 Å². The highest BCUT2D eigenvalue weighted by atomic mass is 79.9. The van der Waals surface area contributed by atoms with Crippen LogP contribution in [0.1, 0.15) is 0 Å². The molecule has 0 atom stereocenters. The van der Waals surface area contributed by atoms with Crippen LogP contribution in [0.25, 0.3) is 0 Å². The smallest absolute Gasteiger partial charge is 0.380 e. The molecule has 8 nitrogen and oxygen atoms in total. The van der Waals surface area contributed by atoms with Gasteiger partial charge in [-0.05, 0) is 70.5 Å². The summed E-state index contributed by atoms with van der Waals surface area (Å²) in [6.07, 6.45) is 0. The van der Waals surface area contributed by atoms with E-state index in [9.17, 15) is 0 Å². The number of benzene rings is 3. The molecule has 206 valence electrons. The number of hydrogen-bond acceptors (Lipinski definition) is 10. The number of rotatable bonds is 10. The van der Waals surface area contributed by atoms with Gasteiger partial charge in [0, 0.05) is 67.6 Å². The zero-order chi connectivity index (χ0) is 28.3. The number of hydrogen-bond donors (Lipinski definition) is 0. The minimum absolute atomic E-state index is 0.335. The summed E-state index contributed by atoms with van der Waals surface area (Å²) in [6.45, 7) is -5.51. The van der Waals surface area contributed by atoms with Crippen LogP contribution in [0.5, 0.6) is 11.5 Å². The van der Waals surface area contributed by atoms with E-state index in [0.29, 0.717) is 36.7 Å². The lowest BCUT2D eigenvalue weighted by Gasteiger charge is -2.19. The molecule has 0 spiro atoms. The molecule has 0 fully saturated rings. The molecule has 3 aromatic rings. The molecule has 0 aliphatic rings. The first kappa shape index (κ1) is 33.6. The van der Waals surface area contributed by atoms with Gasteiger partial charge < -0.3 is 27.1 Å². The fraction of sp³-hybridized carbons (Fsp3) is 0.182. The molecule has 0 amide bonds. The summed E-state index contributed by atoms with van der Waals surface area (Å²) in [5, 5.41) is 9.75. The average molecular weight is 723 g/mol. The van der Waals surface area contributed by atoms with E-state index in [1.165, 1.54) is 28.4 Å². The van der Waals surface area contributed by atoms with Crippen molar-refractivity contribution >= 4 is 99.2 Å². The zero-order valence-corrected chi connectivity index (χ0v) is 27.6. The summed E-state index contributed by atoms with van der Waals surface area (Å²) in [5.74, 6) is 0.888. The van der Waals surface area contributed by atoms with Gasteiger partial charge in [-0.25, -0.2) is 0 Å². The first-order chi connectivity index (χ1) is 18.0. The largest absolute Gasteiger partial charge is 0.424 e. The van der Waals surface area contributed by atoms with Gasteiger partial charge in [0.1, 0.15) is 11.5 Å². The molecule has 0 saturated carbocycles. The van der Waals surface area contributed by atoms with Gasteiger partial charge in [-0.15, -0.1) is 0 Å². The highest BCUT2D eigenvalue weighted by molar-refractivity contribution is 9.10. The lowest BCUT2D eigenvalue weighted by atomic mass is 10.3. The fourth-order valence-corrected chi connectivity index (χ4v) is 5.20. The molecule has 3 aromatic carbocycles. The van der Waals surface area contributed by atoms with Crippen molar-refractivity contribution in [2.24, 2.45) is 10.2 Å². The van der Waals surface area contributed by atoms with E-state index in [2.05, 4.69) is 26.2 Å². The van der Waals surface area contributed by atoms with Crippen LogP contribution in [0, 0.1) is 0 Å². The molecular formula is C22H22BrCl3N2O6P2S2. The molecule has 16 heteroatoms. The van der Waals surface area contributed by atoms with Gasteiger partial charge in [-0.2, -0.15) is 10.2 Å². The van der Waals surface area contributed by atoms with Crippen molar-refractivity contribution in [2.45, 2.75) is 0 Å². The van der Waals surface area contributed by atoms with Gasteiger partial charge >= 0.3 is 13.4 Å². The molecule has 0 N–H and O–H groups in total. The molecule has 0 unspecified atom stereocenters. The third-order valence-electron chi connectivity index (χ3n) is 4.24. The zero-order valence-electron chi connectivity index (χ0n) is 20.3. The Morgan fingerprint density at radius 3 is 1.58 bits per heavy atom. The molecule has 0 radical (unpaired) electrons. The fourth-order valence-electron chi connectivity index (χ4n) is 2.32. The van der Waals surface area contributed by atoms with Crippen LogP contribution in [0.3, 0.4) is 0 Å². The van der Waals surface area contributed by atoms with Crippen molar-refractivity contribution in [1.29, 1.82) is 0 Å². The first-order valence-electron chi connectivity index (χ1n) is 10.2. The van der Waals surface area contributed by atoms with Crippen LogP contribution in [0.15, 0.2) is 75.4 Å².